The zero-order chi connectivity index (χ0) is 86.3. The number of hydrogen-bond acceptors (Lipinski definition) is 4. The van der Waals surface area contributed by atoms with Gasteiger partial charge >= 0.3 is 0 Å². The second-order valence-electron chi connectivity index (χ2n) is 34.5. The van der Waals surface area contributed by atoms with Crippen molar-refractivity contribution in [2.45, 2.75) is 131 Å². The maximum atomic E-state index is 4.22. The van der Waals surface area contributed by atoms with Gasteiger partial charge < -0.3 is 0 Å². The summed E-state index contributed by atoms with van der Waals surface area (Å²) in [6, 6.07) is 164. The van der Waals surface area contributed by atoms with Crippen molar-refractivity contribution in [3.63, 3.8) is 0 Å². The molecule has 0 fully saturated rings. The predicted molar refractivity (Wildman–Crippen MR) is 534 cm³/mol. The average molecular weight is 1660 g/mol. The van der Waals surface area contributed by atoms with Gasteiger partial charge in [-0.1, -0.05) is 455 Å². The number of nitrogens with one attached hydrogen (secondary N) is 4. The third kappa shape index (κ3) is 21.8. The second-order valence-corrected chi connectivity index (χ2v) is 34.5. The van der Waals surface area contributed by atoms with Crippen molar-refractivity contribution in [2.24, 2.45) is 0 Å². The Morgan fingerprint density at radius 2 is 0.291 bits per heavy atom. The third-order valence-corrected chi connectivity index (χ3v) is 26.0. The molecule has 4 heteroatoms. The average Bonchev–Trinajstić information content (AvgIpc) is 0.772. The summed E-state index contributed by atoms with van der Waals surface area (Å²) in [5.74, 6) is 0. The number of benzene rings is 16. The Balaban J connectivity index is 0.662. The molecule has 16 aromatic rings. The van der Waals surface area contributed by atoms with E-state index >= 15 is 0 Å². The molecule has 0 spiro atoms. The molecule has 4 N–H and O–H groups in total. The first-order valence-corrected chi connectivity index (χ1v) is 46.6. The lowest BCUT2D eigenvalue weighted by Gasteiger charge is -2.37. The molecule has 0 saturated heterocycles. The first kappa shape index (κ1) is 87.6. The Labute approximate surface area is 757 Å². The SMILES string of the molecule is C=Cc1ccc(CCCc2cc(CCCc3cc(CCCNC(c4ccccc4)(c4ccccc4)c4ccccc4)cc(CCCNC(c4ccccc4)(c4ccccc4)c4ccccc4)c3)cc(CCCc3cc(CCCNC(c4ccccc4)(c4ccccc4)c4ccccc4)cc(CCCNC(c4ccccc4)(c4ccccc4)c4ccccc4)c3)c2)cc1. The van der Waals surface area contributed by atoms with Gasteiger partial charge in [0.05, 0.1) is 22.2 Å². The Morgan fingerprint density at radius 1 is 0.157 bits per heavy atom. The zero-order valence-electron chi connectivity index (χ0n) is 73.8. The molecule has 0 aromatic heterocycles. The number of aryl methyl sites for hydroxylation is 10. The van der Waals surface area contributed by atoms with Crippen molar-refractivity contribution < 1.29 is 0 Å². The summed E-state index contributed by atoms with van der Waals surface area (Å²) in [7, 11) is 0. The smallest absolute Gasteiger partial charge is 0.0947 e. The lowest BCUT2D eigenvalue weighted by Crippen LogP contribution is -2.45. The maximum Gasteiger partial charge on any atom is 0.0947 e. The minimum absolute atomic E-state index is 0.530. The number of rotatable bonds is 45. The molecule has 4 nitrogen and oxygen atoms in total. The fraction of sp³-hybridized carbons (Fsp3) is 0.203. The van der Waals surface area contributed by atoms with Crippen LogP contribution in [0, 0.1) is 0 Å². The van der Waals surface area contributed by atoms with Gasteiger partial charge in [0.2, 0.25) is 0 Å². The van der Waals surface area contributed by atoms with E-state index in [9.17, 15) is 0 Å². The van der Waals surface area contributed by atoms with E-state index in [0.717, 1.165) is 141 Å². The Hall–Kier alpha value is -12.9. The first-order valence-electron chi connectivity index (χ1n) is 46.6. The van der Waals surface area contributed by atoms with Crippen LogP contribution in [-0.4, -0.2) is 26.2 Å². The molecule has 0 amide bonds. The molecule has 127 heavy (non-hydrogen) atoms. The van der Waals surface area contributed by atoms with E-state index in [-0.39, 0.29) is 0 Å². The van der Waals surface area contributed by atoms with Crippen LogP contribution >= 0.6 is 0 Å². The summed E-state index contributed by atoms with van der Waals surface area (Å²) in [6.45, 7) is 7.36. The summed E-state index contributed by atoms with van der Waals surface area (Å²) < 4.78 is 0. The van der Waals surface area contributed by atoms with Crippen molar-refractivity contribution in [1.82, 2.24) is 21.3 Å². The molecular formula is C123H122N4. The molecule has 16 aromatic carbocycles. The largest absolute Gasteiger partial charge is 0.300 e. The Bertz CT molecular complexity index is 4930. The second kappa shape index (κ2) is 44.3. The zero-order valence-corrected chi connectivity index (χ0v) is 73.8. The van der Waals surface area contributed by atoms with E-state index in [1.807, 2.05) is 6.08 Å². The van der Waals surface area contributed by atoms with Gasteiger partial charge in [0.1, 0.15) is 0 Å². The Kier molecular flexibility index (Phi) is 30.6. The van der Waals surface area contributed by atoms with Gasteiger partial charge in [0.25, 0.3) is 0 Å². The van der Waals surface area contributed by atoms with Gasteiger partial charge in [-0.25, -0.2) is 0 Å². The van der Waals surface area contributed by atoms with E-state index in [1.165, 1.54) is 122 Å². The first-order chi connectivity index (χ1) is 62.9. The fourth-order valence-electron chi connectivity index (χ4n) is 19.9. The lowest BCUT2D eigenvalue weighted by atomic mass is 9.77. The lowest BCUT2D eigenvalue weighted by molar-refractivity contribution is 0.465. The van der Waals surface area contributed by atoms with Crippen LogP contribution in [0.1, 0.15) is 173 Å². The van der Waals surface area contributed by atoms with Crippen LogP contribution < -0.4 is 21.3 Å². The summed E-state index contributed by atoms with van der Waals surface area (Å²) in [6.07, 6.45) is 19.0. The van der Waals surface area contributed by atoms with Crippen molar-refractivity contribution in [3.05, 3.63) is 577 Å². The van der Waals surface area contributed by atoms with Gasteiger partial charge in [0.15, 0.2) is 0 Å². The molecule has 0 heterocycles. The van der Waals surface area contributed by atoms with E-state index < -0.39 is 22.2 Å². The van der Waals surface area contributed by atoms with Gasteiger partial charge in [-0.2, -0.15) is 0 Å². The van der Waals surface area contributed by atoms with Gasteiger partial charge in [-0.3, -0.25) is 21.3 Å². The van der Waals surface area contributed by atoms with Gasteiger partial charge in [-0.15, -0.1) is 0 Å². The minimum Gasteiger partial charge on any atom is -0.300 e. The molecule has 0 aliphatic rings. The third-order valence-electron chi connectivity index (χ3n) is 26.0. The fourth-order valence-corrected chi connectivity index (χ4v) is 19.9. The van der Waals surface area contributed by atoms with E-state index in [0.29, 0.717) is 0 Å². The molecule has 634 valence electrons. The van der Waals surface area contributed by atoms with Crippen molar-refractivity contribution in [2.75, 3.05) is 26.2 Å². The van der Waals surface area contributed by atoms with Crippen LogP contribution in [0.15, 0.2) is 449 Å². The van der Waals surface area contributed by atoms with Gasteiger partial charge in [0, 0.05) is 0 Å². The maximum absolute atomic E-state index is 4.22. The molecule has 0 saturated carbocycles. The van der Waals surface area contributed by atoms with Crippen molar-refractivity contribution in [3.8, 4) is 0 Å². The normalized spacial score (nSPS) is 11.8. The molecular weight excluding hydrogens is 1530 g/mol. The van der Waals surface area contributed by atoms with E-state index in [2.05, 4.69) is 471 Å². The Morgan fingerprint density at radius 3 is 0.433 bits per heavy atom. The van der Waals surface area contributed by atoms with Crippen LogP contribution in [0.25, 0.3) is 6.08 Å². The monoisotopic (exact) mass is 1650 g/mol. The quantitative estimate of drug-likeness (QED) is 0.0227. The summed E-state index contributed by atoms with van der Waals surface area (Å²) in [4.78, 5) is 0. The van der Waals surface area contributed by atoms with Crippen molar-refractivity contribution >= 4 is 6.08 Å². The standard InChI is InChI=1S/C123H122N4/c1-2-97-80-82-98(83-81-97)46-39-47-99-88-100(48-40-50-102-91-104(52-42-84-124-120(108-56-15-3-16-57-108,109-58-17-4-18-59-109)110-60-19-5-20-61-110)95-105(92-102)53-43-85-125-121(111-62-21-6-22-63-111,112-64-23-7-24-65-112)113-66-25-8-26-67-113)90-101(89-99)49-41-51-103-93-106(54-44-86-126-122(114-68-27-9-28-69-114,115-70-29-10-30-71-115)116-72-31-11-32-73-116)96-107(94-103)55-45-87-127-123(117-74-33-12-34-75-117,118-76-35-13-36-77-118)119-78-37-14-38-79-119/h2-38,56-83,88-96,124-127H,1,39-55,84-87H2. The molecule has 0 bridgehead atoms. The molecule has 0 aliphatic carbocycles. The highest BCUT2D eigenvalue weighted by Gasteiger charge is 2.40. The molecule has 0 unspecified atom stereocenters. The highest BCUT2D eigenvalue weighted by Crippen LogP contribution is 2.42. The molecule has 16 rings (SSSR count). The topological polar surface area (TPSA) is 48.1 Å². The molecule has 0 atom stereocenters. The van der Waals surface area contributed by atoms with E-state index in [1.54, 1.807) is 0 Å². The summed E-state index contributed by atoms with van der Waals surface area (Å²) >= 11 is 0. The van der Waals surface area contributed by atoms with Crippen LogP contribution in [-0.2, 0) is 86.4 Å². The van der Waals surface area contributed by atoms with Crippen molar-refractivity contribution in [1.29, 1.82) is 0 Å². The van der Waals surface area contributed by atoms with E-state index in [4.69, 9.17) is 0 Å². The van der Waals surface area contributed by atoms with Gasteiger partial charge in [-0.05, 0) is 263 Å². The highest BCUT2D eigenvalue weighted by molar-refractivity contribution is 5.55. The number of hydrogen-bond donors (Lipinski definition) is 4. The molecule has 0 aliphatic heterocycles. The summed E-state index contributed by atoms with van der Waals surface area (Å²) in [5.41, 5.74) is 28.1. The molecule has 0 radical (unpaired) electrons. The predicted octanol–water partition coefficient (Wildman–Crippen LogP) is 26.9. The van der Waals surface area contributed by atoms with Crippen LogP contribution in [0.3, 0.4) is 0 Å². The van der Waals surface area contributed by atoms with Crippen LogP contribution in [0.4, 0.5) is 0 Å². The minimum atomic E-state index is -0.530. The van der Waals surface area contributed by atoms with Crippen LogP contribution in [0.2, 0.25) is 0 Å². The summed E-state index contributed by atoms with van der Waals surface area (Å²) in [5, 5.41) is 16.9. The highest BCUT2D eigenvalue weighted by atomic mass is 15.0. The van der Waals surface area contributed by atoms with Crippen LogP contribution in [0.5, 0.6) is 0 Å².